The summed E-state index contributed by atoms with van der Waals surface area (Å²) >= 11 is 0. The number of benzene rings is 1. The number of nitriles is 1. The van der Waals surface area contributed by atoms with E-state index in [9.17, 15) is 9.59 Å². The lowest BCUT2D eigenvalue weighted by Crippen LogP contribution is -2.45. The zero-order valence-electron chi connectivity index (χ0n) is 15.5. The number of hydrogen-bond acceptors (Lipinski definition) is 5. The number of nitrogens with one attached hydrogen (secondary N) is 1. The first-order valence-corrected chi connectivity index (χ1v) is 9.03. The fourth-order valence-electron chi connectivity index (χ4n) is 3.15. The lowest BCUT2D eigenvalue weighted by Gasteiger charge is -2.34. The molecule has 1 amide bonds. The number of amides is 1. The van der Waals surface area contributed by atoms with Gasteiger partial charge in [0.25, 0.3) is 5.91 Å². The number of carbonyl (C=O) groups is 2. The summed E-state index contributed by atoms with van der Waals surface area (Å²) in [6.45, 7) is 5.60. The van der Waals surface area contributed by atoms with Crippen LogP contribution >= 0.6 is 0 Å². The van der Waals surface area contributed by atoms with Gasteiger partial charge >= 0.3 is 5.97 Å². The Morgan fingerprint density at radius 1 is 1.27 bits per heavy atom. The highest BCUT2D eigenvalue weighted by molar-refractivity contribution is 5.82. The summed E-state index contributed by atoms with van der Waals surface area (Å²) in [5, 5.41) is 11.7. The van der Waals surface area contributed by atoms with E-state index >= 15 is 0 Å². The first-order valence-electron chi connectivity index (χ1n) is 9.03. The smallest absolute Gasteiger partial charge is 0.347 e. The Morgan fingerprint density at radius 2 is 1.96 bits per heavy atom. The maximum absolute atomic E-state index is 12.1. The molecule has 26 heavy (non-hydrogen) atoms. The van der Waals surface area contributed by atoms with Gasteiger partial charge < -0.3 is 14.8 Å². The molecule has 0 aliphatic heterocycles. The van der Waals surface area contributed by atoms with Crippen LogP contribution in [0.5, 0.6) is 5.75 Å². The quantitative estimate of drug-likeness (QED) is 0.790. The van der Waals surface area contributed by atoms with E-state index < -0.39 is 12.1 Å². The molecule has 1 fully saturated rings. The third-order valence-electron chi connectivity index (χ3n) is 5.03. The number of nitrogens with zero attached hydrogens (tertiary/aromatic N) is 1. The predicted molar refractivity (Wildman–Crippen MR) is 96.3 cm³/mol. The summed E-state index contributed by atoms with van der Waals surface area (Å²) < 4.78 is 10.5. The number of ether oxygens (including phenoxy) is 2. The molecule has 1 aromatic rings. The van der Waals surface area contributed by atoms with Gasteiger partial charge in [-0.15, -0.1) is 0 Å². The molecule has 0 aromatic heterocycles. The molecule has 2 rings (SSSR count). The highest BCUT2D eigenvalue weighted by Gasteiger charge is 2.28. The molecule has 1 saturated carbocycles. The molecule has 6 nitrogen and oxygen atoms in total. The molecule has 0 heterocycles. The van der Waals surface area contributed by atoms with Gasteiger partial charge in [-0.2, -0.15) is 5.26 Å². The van der Waals surface area contributed by atoms with Gasteiger partial charge in [0.05, 0.1) is 11.6 Å². The van der Waals surface area contributed by atoms with Gasteiger partial charge in [-0.3, -0.25) is 4.79 Å². The van der Waals surface area contributed by atoms with Crippen molar-refractivity contribution in [2.24, 2.45) is 11.8 Å². The van der Waals surface area contributed by atoms with Crippen molar-refractivity contribution in [3.63, 3.8) is 0 Å². The van der Waals surface area contributed by atoms with Gasteiger partial charge in [0, 0.05) is 6.04 Å². The van der Waals surface area contributed by atoms with E-state index in [2.05, 4.69) is 19.2 Å². The summed E-state index contributed by atoms with van der Waals surface area (Å²) in [7, 11) is 0. The Hall–Kier alpha value is -2.55. The van der Waals surface area contributed by atoms with Crippen LogP contribution in [-0.4, -0.2) is 30.6 Å². The van der Waals surface area contributed by atoms with E-state index in [0.717, 1.165) is 12.8 Å². The van der Waals surface area contributed by atoms with Gasteiger partial charge in [-0.25, -0.2) is 4.79 Å². The van der Waals surface area contributed by atoms with Crippen LogP contribution < -0.4 is 10.1 Å². The zero-order chi connectivity index (χ0) is 19.1. The predicted octanol–water partition coefficient (Wildman–Crippen LogP) is 2.81. The van der Waals surface area contributed by atoms with Crippen molar-refractivity contribution in [1.82, 2.24) is 5.32 Å². The van der Waals surface area contributed by atoms with Gasteiger partial charge in [-0.05, 0) is 49.4 Å². The van der Waals surface area contributed by atoms with E-state index in [-0.39, 0.29) is 18.6 Å². The highest BCUT2D eigenvalue weighted by atomic mass is 16.6. The zero-order valence-corrected chi connectivity index (χ0v) is 15.5. The normalized spacial score (nSPS) is 23.4. The Kier molecular flexibility index (Phi) is 7.02. The van der Waals surface area contributed by atoms with Crippen LogP contribution in [-0.2, 0) is 14.3 Å². The molecule has 1 N–H and O–H groups in total. The van der Waals surface area contributed by atoms with Crippen molar-refractivity contribution in [3.05, 3.63) is 29.8 Å². The molecule has 4 atom stereocenters. The molecule has 0 bridgehead atoms. The first kappa shape index (κ1) is 19.8. The fraction of sp³-hybridized carbons (Fsp3) is 0.550. The molecule has 0 unspecified atom stereocenters. The van der Waals surface area contributed by atoms with Crippen LogP contribution in [0.3, 0.4) is 0 Å². The summed E-state index contributed by atoms with van der Waals surface area (Å²) in [6, 6.07) is 8.58. The van der Waals surface area contributed by atoms with E-state index in [4.69, 9.17) is 14.7 Å². The van der Waals surface area contributed by atoms with E-state index in [1.165, 1.54) is 6.42 Å². The molecule has 1 aromatic carbocycles. The Bertz CT molecular complexity index is 665. The molecule has 1 aliphatic carbocycles. The van der Waals surface area contributed by atoms with Crippen molar-refractivity contribution in [3.8, 4) is 11.8 Å². The number of carbonyl (C=O) groups excluding carboxylic acids is 2. The van der Waals surface area contributed by atoms with E-state index in [0.29, 0.717) is 23.1 Å². The third-order valence-corrected chi connectivity index (χ3v) is 5.03. The maximum atomic E-state index is 12.1. The standard InChI is InChI=1S/C20H26N2O4/c1-13-5-4-6-18(14(13)2)22-19(23)12-25-20(24)15(3)26-17-9-7-16(11-21)8-10-17/h7-10,13-15,18H,4-6,12H2,1-3H3,(H,22,23)/t13-,14-,15-,18+/m1/s1. The van der Waals surface area contributed by atoms with Gasteiger partial charge in [0.2, 0.25) is 0 Å². The summed E-state index contributed by atoms with van der Waals surface area (Å²) in [5.74, 6) is 0.576. The molecule has 0 radical (unpaired) electrons. The van der Waals surface area contributed by atoms with Crippen molar-refractivity contribution < 1.29 is 19.1 Å². The van der Waals surface area contributed by atoms with E-state index in [1.54, 1.807) is 31.2 Å². The average molecular weight is 358 g/mol. The van der Waals surface area contributed by atoms with Crippen LogP contribution in [0.25, 0.3) is 0 Å². The Labute approximate surface area is 154 Å². The first-order chi connectivity index (χ1) is 12.4. The van der Waals surface area contributed by atoms with Crippen molar-refractivity contribution in [2.75, 3.05) is 6.61 Å². The molecule has 0 saturated heterocycles. The SMILES string of the molecule is C[C@@H]1[C@H](C)CCC[C@@H]1NC(=O)COC(=O)[C@@H](C)Oc1ccc(C#N)cc1. The lowest BCUT2D eigenvalue weighted by atomic mass is 9.78. The van der Waals surface area contributed by atoms with Crippen molar-refractivity contribution in [1.29, 1.82) is 5.26 Å². The van der Waals surface area contributed by atoms with Crippen LogP contribution in [0.15, 0.2) is 24.3 Å². The largest absolute Gasteiger partial charge is 0.479 e. The summed E-state index contributed by atoms with van der Waals surface area (Å²) in [6.07, 6.45) is 2.41. The van der Waals surface area contributed by atoms with Crippen LogP contribution in [0.2, 0.25) is 0 Å². The molecular weight excluding hydrogens is 332 g/mol. The van der Waals surface area contributed by atoms with E-state index in [1.807, 2.05) is 6.07 Å². The second-order valence-corrected chi connectivity index (χ2v) is 6.95. The number of esters is 1. The fourth-order valence-corrected chi connectivity index (χ4v) is 3.15. The number of rotatable bonds is 6. The molecule has 0 spiro atoms. The number of hydrogen-bond donors (Lipinski definition) is 1. The van der Waals surface area contributed by atoms with Crippen LogP contribution in [0.4, 0.5) is 0 Å². The second-order valence-electron chi connectivity index (χ2n) is 6.95. The Balaban J connectivity index is 1.76. The van der Waals surface area contributed by atoms with Gasteiger partial charge in [0.15, 0.2) is 12.7 Å². The minimum absolute atomic E-state index is 0.136. The van der Waals surface area contributed by atoms with Crippen molar-refractivity contribution >= 4 is 11.9 Å². The lowest BCUT2D eigenvalue weighted by molar-refractivity contribution is -0.155. The highest BCUT2D eigenvalue weighted by Crippen LogP contribution is 2.29. The molecular formula is C20H26N2O4. The second kappa shape index (κ2) is 9.23. The summed E-state index contributed by atoms with van der Waals surface area (Å²) in [5.41, 5.74) is 0.510. The minimum atomic E-state index is -0.843. The average Bonchev–Trinajstić information content (AvgIpc) is 2.64. The summed E-state index contributed by atoms with van der Waals surface area (Å²) in [4.78, 5) is 24.1. The topological polar surface area (TPSA) is 88.4 Å². The maximum Gasteiger partial charge on any atom is 0.347 e. The molecule has 1 aliphatic rings. The van der Waals surface area contributed by atoms with Gasteiger partial charge in [0.1, 0.15) is 5.75 Å². The van der Waals surface area contributed by atoms with Crippen LogP contribution in [0, 0.1) is 23.2 Å². The van der Waals surface area contributed by atoms with Crippen LogP contribution in [0.1, 0.15) is 45.6 Å². The molecule has 140 valence electrons. The molecule has 6 heteroatoms. The monoisotopic (exact) mass is 358 g/mol. The van der Waals surface area contributed by atoms with Crippen molar-refractivity contribution in [2.45, 2.75) is 52.2 Å². The van der Waals surface area contributed by atoms with Gasteiger partial charge in [-0.1, -0.05) is 26.7 Å². The minimum Gasteiger partial charge on any atom is -0.479 e. The Morgan fingerprint density at radius 3 is 2.62 bits per heavy atom. The third kappa shape index (κ3) is 5.48.